The molecule has 2 aliphatic rings. The van der Waals surface area contributed by atoms with Gasteiger partial charge in [0.25, 0.3) is 0 Å². The monoisotopic (exact) mass is 476 g/mol. The van der Waals surface area contributed by atoms with E-state index in [1.807, 2.05) is 47.6 Å². The van der Waals surface area contributed by atoms with Crippen molar-refractivity contribution in [1.82, 2.24) is 24.2 Å². The second kappa shape index (κ2) is 8.59. The summed E-state index contributed by atoms with van der Waals surface area (Å²) in [6, 6.07) is 5.93. The van der Waals surface area contributed by atoms with E-state index in [0.29, 0.717) is 28.0 Å². The number of benzene rings is 1. The summed E-state index contributed by atoms with van der Waals surface area (Å²) < 4.78 is 15.2. The molecule has 3 aromatic rings. The van der Waals surface area contributed by atoms with Gasteiger partial charge in [0.1, 0.15) is 23.8 Å². The van der Waals surface area contributed by atoms with Crippen molar-refractivity contribution >= 4 is 28.9 Å². The summed E-state index contributed by atoms with van der Waals surface area (Å²) >= 11 is 12.7. The molecular weight excluding hydrogens is 451 g/mol. The molecule has 5 rings (SSSR count). The number of epoxide rings is 1. The average Bonchev–Trinajstić information content (AvgIpc) is 3.36. The van der Waals surface area contributed by atoms with Gasteiger partial charge >= 0.3 is 0 Å². The molecule has 0 N–H and O–H groups in total. The minimum absolute atomic E-state index is 0.112. The lowest BCUT2D eigenvalue weighted by Crippen LogP contribution is -2.48. The highest BCUT2D eigenvalue weighted by Crippen LogP contribution is 2.34. The van der Waals surface area contributed by atoms with Crippen LogP contribution < -0.4 is 9.64 Å². The molecule has 0 bridgehead atoms. The molecule has 0 aliphatic carbocycles. The fraction of sp³-hybridized carbons (Fsp3) is 0.455. The number of aryl methyl sites for hydroxylation is 1. The maximum atomic E-state index is 6.56. The van der Waals surface area contributed by atoms with Crippen molar-refractivity contribution < 1.29 is 9.47 Å². The Balaban J connectivity index is 1.19. The van der Waals surface area contributed by atoms with Gasteiger partial charge < -0.3 is 18.9 Å². The molecule has 1 unspecified atom stereocenters. The highest BCUT2D eigenvalue weighted by Gasteiger charge is 2.45. The lowest BCUT2D eigenvalue weighted by atomic mass is 10.2. The molecule has 1 aromatic carbocycles. The molecule has 2 aliphatic heterocycles. The number of halogens is 2. The molecule has 0 spiro atoms. The van der Waals surface area contributed by atoms with Crippen molar-refractivity contribution in [3.63, 3.8) is 0 Å². The molecule has 170 valence electrons. The van der Waals surface area contributed by atoms with Gasteiger partial charge in [-0.25, -0.2) is 4.98 Å². The summed E-state index contributed by atoms with van der Waals surface area (Å²) in [6.07, 6.45) is 3.87. The van der Waals surface area contributed by atoms with Crippen molar-refractivity contribution in [2.75, 3.05) is 38.2 Å². The number of nitrogens with zero attached hydrogens (tertiary/aromatic N) is 6. The van der Waals surface area contributed by atoms with Gasteiger partial charge in [-0.15, -0.1) is 0 Å². The number of imidazole rings is 1. The van der Waals surface area contributed by atoms with Crippen LogP contribution in [-0.4, -0.2) is 69.9 Å². The fourth-order valence-electron chi connectivity index (χ4n) is 4.28. The van der Waals surface area contributed by atoms with E-state index in [4.69, 9.17) is 37.8 Å². The molecule has 8 nitrogen and oxygen atoms in total. The smallest absolute Gasteiger partial charge is 0.161 e. The highest BCUT2D eigenvalue weighted by molar-refractivity contribution is 6.33. The topological polar surface area (TPSA) is 63.9 Å². The maximum absolute atomic E-state index is 6.56. The Hall–Kier alpha value is -2.26. The first-order chi connectivity index (χ1) is 15.5. The third-order valence-corrected chi connectivity index (χ3v) is 7.01. The van der Waals surface area contributed by atoms with Crippen LogP contribution in [0.5, 0.6) is 5.75 Å². The Labute approximate surface area is 197 Å². The van der Waals surface area contributed by atoms with E-state index in [1.54, 1.807) is 13.3 Å². The summed E-state index contributed by atoms with van der Waals surface area (Å²) in [4.78, 5) is 9.12. The average molecular weight is 477 g/mol. The minimum Gasteiger partial charge on any atom is -0.495 e. The molecule has 2 saturated heterocycles. The van der Waals surface area contributed by atoms with Gasteiger partial charge in [-0.3, -0.25) is 9.58 Å². The number of anilines is 1. The molecule has 4 heterocycles. The van der Waals surface area contributed by atoms with E-state index in [-0.39, 0.29) is 12.3 Å². The van der Waals surface area contributed by atoms with Crippen LogP contribution in [-0.2, 0) is 18.3 Å². The van der Waals surface area contributed by atoms with Gasteiger partial charge in [-0.05, 0) is 19.1 Å². The first kappa shape index (κ1) is 21.6. The van der Waals surface area contributed by atoms with Crippen LogP contribution >= 0.6 is 23.2 Å². The highest BCUT2D eigenvalue weighted by atomic mass is 35.5. The Morgan fingerprint density at radius 1 is 1.19 bits per heavy atom. The predicted octanol–water partition coefficient (Wildman–Crippen LogP) is 3.45. The van der Waals surface area contributed by atoms with Crippen molar-refractivity contribution in [2.45, 2.75) is 25.8 Å². The predicted molar refractivity (Wildman–Crippen MR) is 125 cm³/mol. The third kappa shape index (κ3) is 3.96. The van der Waals surface area contributed by atoms with Crippen molar-refractivity contribution in [1.29, 1.82) is 0 Å². The molecule has 0 saturated carbocycles. The van der Waals surface area contributed by atoms with Crippen LogP contribution in [0.4, 0.5) is 5.69 Å². The SMILES string of the molecule is COc1cc(N2CCN(C3O[C@H]3Cn3nc(-c4nccn4C)c(Cl)c3C)CC2)ccc1Cl. The number of methoxy groups -OCH3 is 1. The lowest BCUT2D eigenvalue weighted by molar-refractivity contribution is 0.166. The van der Waals surface area contributed by atoms with Crippen LogP contribution in [0.3, 0.4) is 0 Å². The third-order valence-electron chi connectivity index (χ3n) is 6.25. The van der Waals surface area contributed by atoms with Gasteiger partial charge in [0.2, 0.25) is 0 Å². The first-order valence-electron chi connectivity index (χ1n) is 10.6. The van der Waals surface area contributed by atoms with Crippen molar-refractivity contribution in [2.24, 2.45) is 7.05 Å². The summed E-state index contributed by atoms with van der Waals surface area (Å²) in [5.41, 5.74) is 2.77. The first-order valence-corrected chi connectivity index (χ1v) is 11.4. The van der Waals surface area contributed by atoms with Gasteiger partial charge in [0.15, 0.2) is 5.82 Å². The van der Waals surface area contributed by atoms with Gasteiger partial charge in [0, 0.05) is 57.4 Å². The van der Waals surface area contributed by atoms with E-state index in [2.05, 4.69) is 14.8 Å². The summed E-state index contributed by atoms with van der Waals surface area (Å²) in [6.45, 7) is 6.38. The largest absolute Gasteiger partial charge is 0.495 e. The maximum Gasteiger partial charge on any atom is 0.161 e. The Morgan fingerprint density at radius 3 is 2.66 bits per heavy atom. The minimum atomic E-state index is 0.112. The van der Waals surface area contributed by atoms with Crippen LogP contribution in [0.2, 0.25) is 10.0 Å². The van der Waals surface area contributed by atoms with E-state index in [0.717, 1.165) is 43.4 Å². The van der Waals surface area contributed by atoms with E-state index >= 15 is 0 Å². The lowest BCUT2D eigenvalue weighted by Gasteiger charge is -2.35. The second-order valence-corrected chi connectivity index (χ2v) is 8.98. The molecule has 10 heteroatoms. The molecule has 32 heavy (non-hydrogen) atoms. The summed E-state index contributed by atoms with van der Waals surface area (Å²) in [5, 5.41) is 5.99. The van der Waals surface area contributed by atoms with Gasteiger partial charge in [-0.1, -0.05) is 23.2 Å². The quantitative estimate of drug-likeness (QED) is 0.507. The van der Waals surface area contributed by atoms with Crippen LogP contribution in [0.1, 0.15) is 5.69 Å². The number of ether oxygens (including phenoxy) is 2. The van der Waals surface area contributed by atoms with Crippen LogP contribution in [0.25, 0.3) is 11.5 Å². The van der Waals surface area contributed by atoms with Crippen molar-refractivity contribution in [3.8, 4) is 17.3 Å². The second-order valence-electron chi connectivity index (χ2n) is 8.20. The zero-order valence-electron chi connectivity index (χ0n) is 18.3. The van der Waals surface area contributed by atoms with Crippen LogP contribution in [0, 0.1) is 6.92 Å². The molecule has 2 atom stereocenters. The molecule has 0 radical (unpaired) electrons. The van der Waals surface area contributed by atoms with E-state index < -0.39 is 0 Å². The molecule has 2 aromatic heterocycles. The summed E-state index contributed by atoms with van der Waals surface area (Å²) in [7, 11) is 3.58. The van der Waals surface area contributed by atoms with Gasteiger partial charge in [0.05, 0.1) is 29.4 Å². The zero-order valence-corrected chi connectivity index (χ0v) is 19.8. The van der Waals surface area contributed by atoms with E-state index in [9.17, 15) is 0 Å². The molecular formula is C22H26Cl2N6O2. The number of piperazine rings is 1. The normalized spacial score (nSPS) is 21.2. The Morgan fingerprint density at radius 2 is 1.97 bits per heavy atom. The number of rotatable bonds is 6. The Kier molecular flexibility index (Phi) is 5.79. The Bertz CT molecular complexity index is 1120. The van der Waals surface area contributed by atoms with Crippen LogP contribution in [0.15, 0.2) is 30.6 Å². The van der Waals surface area contributed by atoms with E-state index in [1.165, 1.54) is 0 Å². The molecule has 2 fully saturated rings. The number of hydrogen-bond acceptors (Lipinski definition) is 6. The number of aromatic nitrogens is 4. The summed E-state index contributed by atoms with van der Waals surface area (Å²) in [5.74, 6) is 1.47. The molecule has 0 amide bonds. The zero-order chi connectivity index (χ0) is 22.4. The van der Waals surface area contributed by atoms with Crippen molar-refractivity contribution in [3.05, 3.63) is 46.3 Å². The van der Waals surface area contributed by atoms with Gasteiger partial charge in [-0.2, -0.15) is 5.10 Å². The standard InChI is InChI=1S/C22H26Cl2N6O2/c1-14-19(24)20(21-25-6-7-27(21)2)26-30(14)13-18-22(32-18)29-10-8-28(9-11-29)15-4-5-16(23)17(12-15)31-3/h4-7,12,18,22H,8-11,13H2,1-3H3/t18-,22?/m0/s1. The number of hydrogen-bond donors (Lipinski definition) is 0. The fourth-order valence-corrected chi connectivity index (χ4v) is 4.69.